The van der Waals surface area contributed by atoms with Crippen molar-refractivity contribution in [3.8, 4) is 0 Å². The van der Waals surface area contributed by atoms with Gasteiger partial charge in [0.05, 0.1) is 6.10 Å². The zero-order valence-corrected chi connectivity index (χ0v) is 7.95. The molecule has 1 N–H and O–H groups in total. The lowest BCUT2D eigenvalue weighted by Gasteiger charge is -2.03. The van der Waals surface area contributed by atoms with Crippen LogP contribution in [0, 0.1) is 6.92 Å². The van der Waals surface area contributed by atoms with Gasteiger partial charge in [0.25, 0.3) is 0 Å². The van der Waals surface area contributed by atoms with Gasteiger partial charge in [-0.05, 0) is 13.8 Å². The predicted octanol–water partition coefficient (Wildman–Crippen LogP) is 1.95. The van der Waals surface area contributed by atoms with Crippen molar-refractivity contribution in [1.29, 1.82) is 0 Å². The number of aliphatic hydroxyl groups is 1. The first-order valence-corrected chi connectivity index (χ1v) is 4.37. The fourth-order valence-corrected chi connectivity index (χ4v) is 1.13. The number of ketones is 1. The zero-order valence-electron chi connectivity index (χ0n) is 7.95. The third kappa shape index (κ3) is 2.99. The molecule has 0 unspecified atom stereocenters. The fourth-order valence-electron chi connectivity index (χ4n) is 1.13. The van der Waals surface area contributed by atoms with Gasteiger partial charge in [-0.15, -0.1) is 0 Å². The molecule has 0 saturated heterocycles. The Kier molecular flexibility index (Phi) is 3.20. The van der Waals surface area contributed by atoms with Crippen LogP contribution < -0.4 is 0 Å². The molecule has 1 atom stereocenters. The van der Waals surface area contributed by atoms with Crippen molar-refractivity contribution in [2.75, 3.05) is 0 Å². The van der Waals surface area contributed by atoms with Crippen molar-refractivity contribution in [3.05, 3.63) is 35.4 Å². The molecule has 0 aliphatic rings. The van der Waals surface area contributed by atoms with Gasteiger partial charge in [-0.2, -0.15) is 0 Å². The lowest BCUT2D eigenvalue weighted by atomic mass is 10.0. The van der Waals surface area contributed by atoms with Gasteiger partial charge in [-0.25, -0.2) is 0 Å². The number of Topliss-reactive ketones (excluding diaryl/α,β-unsaturated/α-hetero) is 1. The maximum atomic E-state index is 11.4. The van der Waals surface area contributed by atoms with Gasteiger partial charge in [0.15, 0.2) is 5.78 Å². The molecule has 0 aliphatic heterocycles. The number of aryl methyl sites for hydroxylation is 1. The molecule has 0 spiro atoms. The van der Waals surface area contributed by atoms with Crippen LogP contribution >= 0.6 is 0 Å². The number of carbonyl (C=O) groups is 1. The number of aliphatic hydroxyl groups excluding tert-OH is 1. The summed E-state index contributed by atoms with van der Waals surface area (Å²) in [4.78, 5) is 11.4. The summed E-state index contributed by atoms with van der Waals surface area (Å²) < 4.78 is 0. The summed E-state index contributed by atoms with van der Waals surface area (Å²) in [6, 6.07) is 7.38. The largest absolute Gasteiger partial charge is 0.393 e. The Labute approximate surface area is 78.2 Å². The van der Waals surface area contributed by atoms with E-state index in [4.69, 9.17) is 5.11 Å². The molecule has 0 aliphatic carbocycles. The van der Waals surface area contributed by atoms with E-state index in [0.29, 0.717) is 5.56 Å². The van der Waals surface area contributed by atoms with Gasteiger partial charge in [0.1, 0.15) is 0 Å². The number of benzene rings is 1. The summed E-state index contributed by atoms with van der Waals surface area (Å²) >= 11 is 0. The Morgan fingerprint density at radius 3 is 2.38 bits per heavy atom. The van der Waals surface area contributed by atoms with Gasteiger partial charge in [-0.3, -0.25) is 4.79 Å². The van der Waals surface area contributed by atoms with Gasteiger partial charge in [-0.1, -0.05) is 29.8 Å². The summed E-state index contributed by atoms with van der Waals surface area (Å²) in [6.45, 7) is 3.59. The molecular formula is C11H14O2. The van der Waals surface area contributed by atoms with E-state index in [1.807, 2.05) is 19.1 Å². The first-order chi connectivity index (χ1) is 6.09. The lowest BCUT2D eigenvalue weighted by molar-refractivity contribution is 0.0901. The van der Waals surface area contributed by atoms with E-state index in [1.165, 1.54) is 0 Å². The quantitative estimate of drug-likeness (QED) is 0.718. The second-order valence-corrected chi connectivity index (χ2v) is 3.34. The van der Waals surface area contributed by atoms with Crippen LogP contribution in [0.5, 0.6) is 0 Å². The van der Waals surface area contributed by atoms with E-state index in [0.717, 1.165) is 5.56 Å². The lowest BCUT2D eigenvalue weighted by Crippen LogP contribution is -2.09. The number of rotatable bonds is 3. The minimum atomic E-state index is -0.561. The number of carbonyl (C=O) groups excluding carboxylic acids is 1. The van der Waals surface area contributed by atoms with Crippen LogP contribution in [0.15, 0.2) is 24.3 Å². The summed E-state index contributed by atoms with van der Waals surface area (Å²) in [7, 11) is 0. The fraction of sp³-hybridized carbons (Fsp3) is 0.364. The van der Waals surface area contributed by atoms with Gasteiger partial charge >= 0.3 is 0 Å². The SMILES string of the molecule is Cc1ccc(C(=O)C[C@H](C)O)cc1. The minimum absolute atomic E-state index is 0.00463. The Balaban J connectivity index is 2.72. The normalized spacial score (nSPS) is 12.5. The first kappa shape index (κ1) is 9.93. The monoisotopic (exact) mass is 178 g/mol. The van der Waals surface area contributed by atoms with Crippen molar-refractivity contribution in [2.45, 2.75) is 26.4 Å². The molecule has 0 amide bonds. The maximum absolute atomic E-state index is 11.4. The molecule has 0 heterocycles. The second-order valence-electron chi connectivity index (χ2n) is 3.34. The van der Waals surface area contributed by atoms with Crippen LogP contribution in [0.25, 0.3) is 0 Å². The molecule has 0 fully saturated rings. The van der Waals surface area contributed by atoms with Gasteiger partial charge in [0.2, 0.25) is 0 Å². The van der Waals surface area contributed by atoms with Gasteiger partial charge < -0.3 is 5.11 Å². The Bertz CT molecular complexity index is 285. The van der Waals surface area contributed by atoms with Crippen LogP contribution in [-0.4, -0.2) is 17.0 Å². The van der Waals surface area contributed by atoms with Crippen LogP contribution in [-0.2, 0) is 0 Å². The highest BCUT2D eigenvalue weighted by molar-refractivity contribution is 5.96. The average molecular weight is 178 g/mol. The first-order valence-electron chi connectivity index (χ1n) is 4.37. The smallest absolute Gasteiger partial charge is 0.165 e. The topological polar surface area (TPSA) is 37.3 Å². The minimum Gasteiger partial charge on any atom is -0.393 e. The van der Waals surface area contributed by atoms with Crippen LogP contribution in [0.4, 0.5) is 0 Å². The zero-order chi connectivity index (χ0) is 9.84. The number of hydrogen-bond acceptors (Lipinski definition) is 2. The highest BCUT2D eigenvalue weighted by Gasteiger charge is 2.07. The van der Waals surface area contributed by atoms with Crippen LogP contribution in [0.1, 0.15) is 29.3 Å². The van der Waals surface area contributed by atoms with E-state index in [1.54, 1.807) is 19.1 Å². The molecule has 1 aromatic carbocycles. The molecule has 0 bridgehead atoms. The van der Waals surface area contributed by atoms with Crippen LogP contribution in [0.3, 0.4) is 0 Å². The molecule has 1 rings (SSSR count). The summed E-state index contributed by atoms with van der Waals surface area (Å²) in [5.74, 6) is -0.00463. The standard InChI is InChI=1S/C11H14O2/c1-8-3-5-10(6-4-8)11(13)7-9(2)12/h3-6,9,12H,7H2,1-2H3/t9-/m0/s1. The predicted molar refractivity (Wildman–Crippen MR) is 51.8 cm³/mol. The summed E-state index contributed by atoms with van der Waals surface area (Å²) in [5.41, 5.74) is 1.81. The summed E-state index contributed by atoms with van der Waals surface area (Å²) in [5, 5.41) is 9.02. The van der Waals surface area contributed by atoms with Gasteiger partial charge in [0, 0.05) is 12.0 Å². The van der Waals surface area contributed by atoms with E-state index in [-0.39, 0.29) is 12.2 Å². The number of hydrogen-bond donors (Lipinski definition) is 1. The second kappa shape index (κ2) is 4.19. The molecule has 13 heavy (non-hydrogen) atoms. The van der Waals surface area contributed by atoms with Crippen molar-refractivity contribution >= 4 is 5.78 Å². The molecule has 0 saturated carbocycles. The van der Waals surface area contributed by atoms with Crippen molar-refractivity contribution in [1.82, 2.24) is 0 Å². The molecule has 70 valence electrons. The molecular weight excluding hydrogens is 164 g/mol. The Hall–Kier alpha value is -1.15. The molecule has 2 heteroatoms. The molecule has 0 radical (unpaired) electrons. The maximum Gasteiger partial charge on any atom is 0.165 e. The summed E-state index contributed by atoms with van der Waals surface area (Å²) in [6.07, 6.45) is -0.364. The molecule has 2 nitrogen and oxygen atoms in total. The Morgan fingerprint density at radius 1 is 1.38 bits per heavy atom. The molecule has 0 aromatic heterocycles. The van der Waals surface area contributed by atoms with E-state index in [9.17, 15) is 4.79 Å². The average Bonchev–Trinajstić information content (AvgIpc) is 2.04. The van der Waals surface area contributed by atoms with E-state index in [2.05, 4.69) is 0 Å². The van der Waals surface area contributed by atoms with Crippen LogP contribution in [0.2, 0.25) is 0 Å². The highest BCUT2D eigenvalue weighted by Crippen LogP contribution is 2.07. The van der Waals surface area contributed by atoms with E-state index < -0.39 is 6.10 Å². The van der Waals surface area contributed by atoms with Crippen molar-refractivity contribution in [2.24, 2.45) is 0 Å². The Morgan fingerprint density at radius 2 is 1.92 bits per heavy atom. The third-order valence-electron chi connectivity index (χ3n) is 1.85. The van der Waals surface area contributed by atoms with Crippen molar-refractivity contribution < 1.29 is 9.90 Å². The highest BCUT2D eigenvalue weighted by atomic mass is 16.3. The van der Waals surface area contributed by atoms with Crippen molar-refractivity contribution in [3.63, 3.8) is 0 Å². The third-order valence-corrected chi connectivity index (χ3v) is 1.85. The van der Waals surface area contributed by atoms with E-state index >= 15 is 0 Å². The molecule has 1 aromatic rings.